The SMILES string of the molecule is CN1C(=O)CC(Nc2nc(N)nc(-n3cccn3)n2)C1=O. The Labute approximate surface area is 119 Å². The number of likely N-dealkylation sites (N-methyl/N-ethyl adjacent to an activating group) is 1. The average molecular weight is 288 g/mol. The van der Waals surface area contributed by atoms with Crippen LogP contribution >= 0.6 is 0 Å². The van der Waals surface area contributed by atoms with Gasteiger partial charge in [-0.1, -0.05) is 0 Å². The van der Waals surface area contributed by atoms with Crippen LogP contribution < -0.4 is 11.1 Å². The molecule has 0 saturated carbocycles. The first-order valence-electron chi connectivity index (χ1n) is 6.13. The molecule has 10 heteroatoms. The topological polar surface area (TPSA) is 132 Å². The standard InChI is InChI=1S/C11H12N8O2/c1-18-7(20)5-6(8(18)21)14-10-15-9(12)16-11(17-10)19-4-2-3-13-19/h2-4,6H,5H2,1H3,(H3,12,14,15,16,17). The normalized spacial score (nSPS) is 18.3. The Morgan fingerprint density at radius 2 is 2.14 bits per heavy atom. The molecule has 2 aromatic rings. The van der Waals surface area contributed by atoms with Crippen LogP contribution in [-0.2, 0) is 9.59 Å². The summed E-state index contributed by atoms with van der Waals surface area (Å²) < 4.78 is 1.41. The van der Waals surface area contributed by atoms with Crippen molar-refractivity contribution in [3.63, 3.8) is 0 Å². The lowest BCUT2D eigenvalue weighted by molar-refractivity contribution is -0.136. The fourth-order valence-corrected chi connectivity index (χ4v) is 1.96. The van der Waals surface area contributed by atoms with E-state index in [2.05, 4.69) is 25.4 Å². The molecule has 1 unspecified atom stereocenters. The molecule has 21 heavy (non-hydrogen) atoms. The molecule has 0 spiro atoms. The second-order valence-corrected chi connectivity index (χ2v) is 4.46. The summed E-state index contributed by atoms with van der Waals surface area (Å²) >= 11 is 0. The molecule has 0 aliphatic carbocycles. The molecule has 3 heterocycles. The molecule has 2 amide bonds. The van der Waals surface area contributed by atoms with Crippen LogP contribution in [0.4, 0.5) is 11.9 Å². The fourth-order valence-electron chi connectivity index (χ4n) is 1.96. The first-order valence-corrected chi connectivity index (χ1v) is 6.13. The third kappa shape index (κ3) is 2.38. The summed E-state index contributed by atoms with van der Waals surface area (Å²) in [6.45, 7) is 0. The number of aromatic nitrogens is 5. The Balaban J connectivity index is 1.86. The highest BCUT2D eigenvalue weighted by molar-refractivity contribution is 6.06. The summed E-state index contributed by atoms with van der Waals surface area (Å²) in [5.74, 6) is -0.260. The number of rotatable bonds is 3. The predicted molar refractivity (Wildman–Crippen MR) is 71.2 cm³/mol. The van der Waals surface area contributed by atoms with Gasteiger partial charge in [-0.05, 0) is 6.07 Å². The fraction of sp³-hybridized carbons (Fsp3) is 0.273. The number of nitrogens with zero attached hydrogens (tertiary/aromatic N) is 6. The van der Waals surface area contributed by atoms with Crippen molar-refractivity contribution in [2.75, 3.05) is 18.1 Å². The van der Waals surface area contributed by atoms with E-state index in [9.17, 15) is 9.59 Å². The van der Waals surface area contributed by atoms with Gasteiger partial charge in [0.15, 0.2) is 0 Å². The molecule has 0 aromatic carbocycles. The van der Waals surface area contributed by atoms with Gasteiger partial charge in [0.05, 0.1) is 6.42 Å². The quantitative estimate of drug-likeness (QED) is 0.674. The Bertz CT molecular complexity index is 698. The molecule has 2 aromatic heterocycles. The molecule has 0 bridgehead atoms. The van der Waals surface area contributed by atoms with E-state index >= 15 is 0 Å². The van der Waals surface area contributed by atoms with Gasteiger partial charge < -0.3 is 11.1 Å². The molecule has 1 aliphatic heterocycles. The number of hydrogen-bond donors (Lipinski definition) is 2. The minimum absolute atomic E-state index is 0.0110. The maximum atomic E-state index is 11.8. The van der Waals surface area contributed by atoms with Gasteiger partial charge in [0.1, 0.15) is 6.04 Å². The molecular weight excluding hydrogens is 276 g/mol. The predicted octanol–water partition coefficient (Wildman–Crippen LogP) is -1.19. The largest absolute Gasteiger partial charge is 0.368 e. The minimum Gasteiger partial charge on any atom is -0.368 e. The average Bonchev–Trinajstić information content (AvgIpc) is 3.05. The van der Waals surface area contributed by atoms with E-state index in [1.54, 1.807) is 18.5 Å². The van der Waals surface area contributed by atoms with Gasteiger partial charge in [0.2, 0.25) is 17.8 Å². The Morgan fingerprint density at radius 1 is 1.33 bits per heavy atom. The third-order valence-electron chi connectivity index (χ3n) is 3.04. The smallest absolute Gasteiger partial charge is 0.257 e. The number of hydrogen-bond acceptors (Lipinski definition) is 8. The molecule has 10 nitrogen and oxygen atoms in total. The van der Waals surface area contributed by atoms with Crippen LogP contribution in [0.3, 0.4) is 0 Å². The monoisotopic (exact) mass is 288 g/mol. The summed E-state index contributed by atoms with van der Waals surface area (Å²) in [7, 11) is 1.43. The zero-order valence-corrected chi connectivity index (χ0v) is 11.1. The Morgan fingerprint density at radius 3 is 2.76 bits per heavy atom. The third-order valence-corrected chi connectivity index (χ3v) is 3.04. The summed E-state index contributed by atoms with van der Waals surface area (Å²) in [6.07, 6.45) is 3.27. The van der Waals surface area contributed by atoms with Crippen LogP contribution in [-0.4, -0.2) is 54.5 Å². The number of amides is 2. The van der Waals surface area contributed by atoms with Gasteiger partial charge in [-0.3, -0.25) is 14.5 Å². The lowest BCUT2D eigenvalue weighted by Crippen LogP contribution is -2.32. The van der Waals surface area contributed by atoms with E-state index in [1.165, 1.54) is 11.7 Å². The molecule has 1 saturated heterocycles. The molecule has 3 rings (SSSR count). The molecule has 108 valence electrons. The second-order valence-electron chi connectivity index (χ2n) is 4.46. The van der Waals surface area contributed by atoms with Crippen LogP contribution in [0.25, 0.3) is 5.95 Å². The van der Waals surface area contributed by atoms with E-state index in [-0.39, 0.29) is 36.1 Å². The van der Waals surface area contributed by atoms with Crippen LogP contribution in [0, 0.1) is 0 Å². The molecule has 1 aliphatic rings. The maximum Gasteiger partial charge on any atom is 0.257 e. The maximum absolute atomic E-state index is 11.8. The Hall–Kier alpha value is -3.04. The molecular formula is C11H12N8O2. The second kappa shape index (κ2) is 4.81. The van der Waals surface area contributed by atoms with Crippen molar-refractivity contribution >= 4 is 23.7 Å². The molecule has 1 atom stereocenters. The first kappa shape index (κ1) is 13.0. The van der Waals surface area contributed by atoms with E-state index in [0.29, 0.717) is 0 Å². The zero-order valence-electron chi connectivity index (χ0n) is 11.1. The number of nitrogens with one attached hydrogen (secondary N) is 1. The summed E-state index contributed by atoms with van der Waals surface area (Å²) in [6, 6.07) is 1.01. The van der Waals surface area contributed by atoms with Crippen molar-refractivity contribution in [3.05, 3.63) is 18.5 Å². The Kier molecular flexibility index (Phi) is 2.97. The number of nitrogens with two attached hydrogens (primary N) is 1. The lowest BCUT2D eigenvalue weighted by atomic mass is 10.2. The van der Waals surface area contributed by atoms with E-state index in [4.69, 9.17) is 5.73 Å². The van der Waals surface area contributed by atoms with Crippen molar-refractivity contribution in [2.24, 2.45) is 0 Å². The van der Waals surface area contributed by atoms with Gasteiger partial charge in [0, 0.05) is 19.4 Å². The van der Waals surface area contributed by atoms with Gasteiger partial charge >= 0.3 is 0 Å². The first-order chi connectivity index (χ1) is 10.0. The minimum atomic E-state index is -0.699. The lowest BCUT2D eigenvalue weighted by Gasteiger charge is -2.11. The van der Waals surface area contributed by atoms with Gasteiger partial charge in [0.25, 0.3) is 11.9 Å². The van der Waals surface area contributed by atoms with Gasteiger partial charge in [-0.15, -0.1) is 0 Å². The van der Waals surface area contributed by atoms with Gasteiger partial charge in [-0.2, -0.15) is 20.1 Å². The molecule has 0 radical (unpaired) electrons. The number of carbonyl (C=O) groups is 2. The molecule has 3 N–H and O–H groups in total. The van der Waals surface area contributed by atoms with Crippen molar-refractivity contribution < 1.29 is 9.59 Å². The highest BCUT2D eigenvalue weighted by Crippen LogP contribution is 2.15. The van der Waals surface area contributed by atoms with Crippen LogP contribution in [0.1, 0.15) is 6.42 Å². The van der Waals surface area contributed by atoms with Crippen LogP contribution in [0.5, 0.6) is 0 Å². The summed E-state index contributed by atoms with van der Waals surface area (Å²) in [5.41, 5.74) is 5.62. The highest BCUT2D eigenvalue weighted by Gasteiger charge is 2.36. The summed E-state index contributed by atoms with van der Waals surface area (Å²) in [4.78, 5) is 36.4. The van der Waals surface area contributed by atoms with Gasteiger partial charge in [-0.25, -0.2) is 4.68 Å². The number of carbonyl (C=O) groups excluding carboxylic acids is 2. The zero-order chi connectivity index (χ0) is 15.0. The van der Waals surface area contributed by atoms with Crippen LogP contribution in [0.15, 0.2) is 18.5 Å². The summed E-state index contributed by atoms with van der Waals surface area (Å²) in [5, 5.41) is 6.79. The number of likely N-dealkylation sites (tertiary alicyclic amines) is 1. The van der Waals surface area contributed by atoms with Crippen molar-refractivity contribution in [3.8, 4) is 5.95 Å². The van der Waals surface area contributed by atoms with Crippen molar-refractivity contribution in [2.45, 2.75) is 12.5 Å². The number of anilines is 2. The van der Waals surface area contributed by atoms with Crippen molar-refractivity contribution in [1.29, 1.82) is 0 Å². The van der Waals surface area contributed by atoms with Crippen molar-refractivity contribution in [1.82, 2.24) is 29.6 Å². The van der Waals surface area contributed by atoms with E-state index in [1.807, 2.05) is 0 Å². The molecule has 1 fully saturated rings. The van der Waals surface area contributed by atoms with Crippen LogP contribution in [0.2, 0.25) is 0 Å². The number of nitrogen functional groups attached to an aromatic ring is 1. The van der Waals surface area contributed by atoms with E-state index < -0.39 is 6.04 Å². The van der Waals surface area contributed by atoms with E-state index in [0.717, 1.165) is 4.90 Å². The number of imide groups is 1. The highest BCUT2D eigenvalue weighted by atomic mass is 16.2.